The number of amides is 2. The Bertz CT molecular complexity index is 1290. The van der Waals surface area contributed by atoms with Crippen molar-refractivity contribution in [3.8, 4) is 11.3 Å². The molecule has 0 saturated heterocycles. The van der Waals surface area contributed by atoms with E-state index in [1.165, 1.54) is 23.1 Å². The zero-order valence-electron chi connectivity index (χ0n) is 17.8. The molecule has 0 aliphatic heterocycles. The van der Waals surface area contributed by atoms with Gasteiger partial charge in [-0.15, -0.1) is 23.1 Å². The lowest BCUT2D eigenvalue weighted by atomic mass is 10.1. The molecule has 2 amide bonds. The number of benzene rings is 3. The van der Waals surface area contributed by atoms with Crippen molar-refractivity contribution in [2.24, 2.45) is 0 Å². The number of nitrogens with zero attached hydrogens (tertiary/aromatic N) is 1. The number of thioether (sulfide) groups is 1. The predicted molar refractivity (Wildman–Crippen MR) is 142 cm³/mol. The molecule has 0 aliphatic rings. The van der Waals surface area contributed by atoms with Gasteiger partial charge in [0.25, 0.3) is 0 Å². The molecule has 0 bridgehead atoms. The van der Waals surface area contributed by atoms with Gasteiger partial charge in [0.2, 0.25) is 11.8 Å². The molecule has 1 aromatic heterocycles. The fourth-order valence-electron chi connectivity index (χ4n) is 3.05. The van der Waals surface area contributed by atoms with E-state index in [-0.39, 0.29) is 24.0 Å². The number of carbonyl (C=O) groups excluding carboxylic acids is 2. The van der Waals surface area contributed by atoms with Crippen LogP contribution in [0.25, 0.3) is 11.3 Å². The number of rotatable bonds is 8. The first-order valence-electron chi connectivity index (χ1n) is 10.2. The van der Waals surface area contributed by atoms with Gasteiger partial charge in [0.15, 0.2) is 5.13 Å². The molecule has 34 heavy (non-hydrogen) atoms. The summed E-state index contributed by atoms with van der Waals surface area (Å²) >= 11 is 14.6. The molecule has 2 N–H and O–H groups in total. The summed E-state index contributed by atoms with van der Waals surface area (Å²) in [6.45, 7) is 0. The number of thiazole rings is 1. The Kier molecular flexibility index (Phi) is 8.24. The van der Waals surface area contributed by atoms with E-state index >= 15 is 0 Å². The van der Waals surface area contributed by atoms with E-state index in [1.807, 2.05) is 53.9 Å². The van der Waals surface area contributed by atoms with E-state index in [4.69, 9.17) is 23.2 Å². The maximum Gasteiger partial charge on any atom is 0.236 e. The van der Waals surface area contributed by atoms with Crippen molar-refractivity contribution in [3.05, 3.63) is 93.8 Å². The van der Waals surface area contributed by atoms with Gasteiger partial charge in [0.05, 0.1) is 17.9 Å². The van der Waals surface area contributed by atoms with Crippen LogP contribution in [0.5, 0.6) is 0 Å². The third kappa shape index (κ3) is 7.08. The summed E-state index contributed by atoms with van der Waals surface area (Å²) in [6.07, 6.45) is 0.253. The Balaban J connectivity index is 1.28. The Morgan fingerprint density at radius 2 is 1.59 bits per heavy atom. The van der Waals surface area contributed by atoms with Gasteiger partial charge in [-0.1, -0.05) is 53.5 Å². The minimum atomic E-state index is -0.154. The number of anilines is 2. The highest BCUT2D eigenvalue weighted by Gasteiger charge is 2.10. The van der Waals surface area contributed by atoms with Gasteiger partial charge < -0.3 is 10.6 Å². The van der Waals surface area contributed by atoms with Gasteiger partial charge in [-0.2, -0.15) is 0 Å². The zero-order chi connectivity index (χ0) is 23.9. The number of aromatic nitrogens is 1. The molecule has 4 rings (SSSR count). The molecule has 3 aromatic carbocycles. The van der Waals surface area contributed by atoms with Gasteiger partial charge in [-0.3, -0.25) is 9.59 Å². The lowest BCUT2D eigenvalue weighted by molar-refractivity contribution is -0.115. The van der Waals surface area contributed by atoms with Crippen molar-refractivity contribution in [2.75, 3.05) is 16.4 Å². The second kappa shape index (κ2) is 11.5. The first-order chi connectivity index (χ1) is 16.4. The number of nitrogens with one attached hydrogen (secondary N) is 2. The third-order valence-corrected chi connectivity index (χ3v) is 6.91. The van der Waals surface area contributed by atoms with Crippen molar-refractivity contribution in [1.29, 1.82) is 0 Å². The standard InChI is InChI=1S/C25H19Cl2N3O2S2/c26-18-8-4-16(5-9-18)12-23(31)28-20-2-1-3-21(13-20)33-15-24(32)30-25-29-22(14-34-25)17-6-10-19(27)11-7-17/h1-11,13-14H,12,15H2,(H,28,31)(H,29,30,32). The van der Waals surface area contributed by atoms with E-state index in [0.717, 1.165) is 21.7 Å². The molecule has 0 spiro atoms. The molecule has 0 aliphatic carbocycles. The van der Waals surface area contributed by atoms with Crippen LogP contribution in [0, 0.1) is 0 Å². The summed E-state index contributed by atoms with van der Waals surface area (Å²) < 4.78 is 0. The minimum absolute atomic E-state index is 0.123. The smallest absolute Gasteiger partial charge is 0.236 e. The Morgan fingerprint density at radius 3 is 2.32 bits per heavy atom. The minimum Gasteiger partial charge on any atom is -0.326 e. The van der Waals surface area contributed by atoms with E-state index in [2.05, 4.69) is 15.6 Å². The zero-order valence-corrected chi connectivity index (χ0v) is 20.9. The van der Waals surface area contributed by atoms with Crippen molar-refractivity contribution in [1.82, 2.24) is 4.98 Å². The van der Waals surface area contributed by atoms with Crippen LogP contribution in [-0.4, -0.2) is 22.6 Å². The van der Waals surface area contributed by atoms with Crippen LogP contribution in [-0.2, 0) is 16.0 Å². The highest BCUT2D eigenvalue weighted by Crippen LogP contribution is 2.27. The monoisotopic (exact) mass is 527 g/mol. The molecule has 0 saturated carbocycles. The topological polar surface area (TPSA) is 71.1 Å². The second-order valence-corrected chi connectivity index (χ2v) is 10.0. The molecular weight excluding hydrogens is 509 g/mol. The summed E-state index contributed by atoms with van der Waals surface area (Å²) in [6, 6.07) is 22.0. The van der Waals surface area contributed by atoms with Crippen LogP contribution in [0.3, 0.4) is 0 Å². The lowest BCUT2D eigenvalue weighted by Gasteiger charge is -2.08. The largest absolute Gasteiger partial charge is 0.326 e. The summed E-state index contributed by atoms with van der Waals surface area (Å²) in [7, 11) is 0. The number of carbonyl (C=O) groups is 2. The molecule has 1 heterocycles. The summed E-state index contributed by atoms with van der Waals surface area (Å²) in [5.74, 6) is -0.0560. The van der Waals surface area contributed by atoms with Crippen LogP contribution in [0.4, 0.5) is 10.8 Å². The van der Waals surface area contributed by atoms with Gasteiger partial charge in [0.1, 0.15) is 0 Å². The first kappa shape index (κ1) is 24.3. The molecule has 0 radical (unpaired) electrons. The number of hydrogen-bond acceptors (Lipinski definition) is 5. The highest BCUT2D eigenvalue weighted by atomic mass is 35.5. The summed E-state index contributed by atoms with van der Waals surface area (Å²) in [4.78, 5) is 30.1. The average molecular weight is 528 g/mol. The molecule has 9 heteroatoms. The fourth-order valence-corrected chi connectivity index (χ4v) is 4.79. The van der Waals surface area contributed by atoms with Gasteiger partial charge in [-0.05, 0) is 48.0 Å². The van der Waals surface area contributed by atoms with Crippen molar-refractivity contribution >= 4 is 68.9 Å². The van der Waals surface area contributed by atoms with Crippen molar-refractivity contribution in [3.63, 3.8) is 0 Å². The van der Waals surface area contributed by atoms with Gasteiger partial charge in [0, 0.05) is 31.6 Å². The third-order valence-electron chi connectivity index (χ3n) is 4.66. The molecule has 172 valence electrons. The maximum atomic E-state index is 12.4. The van der Waals surface area contributed by atoms with E-state index in [0.29, 0.717) is 20.9 Å². The predicted octanol–water partition coefficient (Wildman–Crippen LogP) is 7.03. The van der Waals surface area contributed by atoms with Crippen LogP contribution >= 0.6 is 46.3 Å². The van der Waals surface area contributed by atoms with Gasteiger partial charge in [-0.25, -0.2) is 4.98 Å². The molecule has 0 unspecified atom stereocenters. The normalized spacial score (nSPS) is 10.6. The van der Waals surface area contributed by atoms with E-state index < -0.39 is 0 Å². The molecule has 4 aromatic rings. The summed E-state index contributed by atoms with van der Waals surface area (Å²) in [5.41, 5.74) is 3.28. The molecule has 5 nitrogen and oxygen atoms in total. The van der Waals surface area contributed by atoms with Crippen molar-refractivity contribution < 1.29 is 9.59 Å². The average Bonchev–Trinajstić information content (AvgIpc) is 3.28. The summed E-state index contributed by atoms with van der Waals surface area (Å²) in [5, 5.41) is 9.45. The molecule has 0 atom stereocenters. The number of halogens is 2. The van der Waals surface area contributed by atoms with Crippen LogP contribution < -0.4 is 10.6 Å². The first-order valence-corrected chi connectivity index (χ1v) is 12.9. The SMILES string of the molecule is O=C(Cc1ccc(Cl)cc1)Nc1cccc(SCC(=O)Nc2nc(-c3ccc(Cl)cc3)cs2)c1. The van der Waals surface area contributed by atoms with Crippen LogP contribution in [0.15, 0.2) is 83.1 Å². The quantitative estimate of drug-likeness (QED) is 0.241. The van der Waals surface area contributed by atoms with E-state index in [1.54, 1.807) is 24.3 Å². The second-order valence-electron chi connectivity index (χ2n) is 7.26. The maximum absolute atomic E-state index is 12.4. The van der Waals surface area contributed by atoms with Crippen molar-refractivity contribution in [2.45, 2.75) is 11.3 Å². The Hall–Kier alpha value is -2.84. The lowest BCUT2D eigenvalue weighted by Crippen LogP contribution is -2.15. The molecule has 0 fully saturated rings. The Morgan fingerprint density at radius 1 is 0.882 bits per heavy atom. The Labute approximate surface area is 215 Å². The van der Waals surface area contributed by atoms with Gasteiger partial charge >= 0.3 is 0 Å². The fraction of sp³-hybridized carbons (Fsp3) is 0.0800. The van der Waals surface area contributed by atoms with Crippen LogP contribution in [0.2, 0.25) is 10.0 Å². The molecular formula is C25H19Cl2N3O2S2. The number of hydrogen-bond donors (Lipinski definition) is 2. The van der Waals surface area contributed by atoms with E-state index in [9.17, 15) is 9.59 Å². The van der Waals surface area contributed by atoms with Crippen LogP contribution in [0.1, 0.15) is 5.56 Å². The highest BCUT2D eigenvalue weighted by molar-refractivity contribution is 8.00.